The number of rotatable bonds is 10. The van der Waals surface area contributed by atoms with Crippen molar-refractivity contribution in [3.05, 3.63) is 53.6 Å². The number of hydrogen-bond donors (Lipinski definition) is 1. The van der Waals surface area contributed by atoms with Crippen LogP contribution in [0.3, 0.4) is 0 Å². The molecule has 4 aliphatic rings. The molecule has 10 heteroatoms. The van der Waals surface area contributed by atoms with E-state index in [0.29, 0.717) is 37.3 Å². The molecule has 4 fully saturated rings. The van der Waals surface area contributed by atoms with Gasteiger partial charge in [-0.3, -0.25) is 9.59 Å². The zero-order chi connectivity index (χ0) is 34.5. The predicted octanol–water partition coefficient (Wildman–Crippen LogP) is 6.70. The summed E-state index contributed by atoms with van der Waals surface area (Å²) < 4.78 is 36.1. The summed E-state index contributed by atoms with van der Waals surface area (Å²) in [5.74, 6) is 0.717. The van der Waals surface area contributed by atoms with Crippen molar-refractivity contribution < 1.29 is 22.7 Å². The number of carbonyl (C=O) groups excluding carboxylic acids is 2. The first-order valence-corrected chi connectivity index (χ1v) is 20.0. The van der Waals surface area contributed by atoms with E-state index in [9.17, 15) is 18.0 Å². The molecule has 3 atom stereocenters. The second-order valence-electron chi connectivity index (χ2n) is 15.4. The summed E-state index contributed by atoms with van der Waals surface area (Å²) in [7, 11) is 0.0768. The van der Waals surface area contributed by atoms with E-state index in [1.54, 1.807) is 13.2 Å². The zero-order valence-corrected chi connectivity index (χ0v) is 30.4. The molecule has 1 N–H and O–H groups in total. The van der Waals surface area contributed by atoms with E-state index in [4.69, 9.17) is 4.74 Å². The van der Waals surface area contributed by atoms with Gasteiger partial charge in [0.2, 0.25) is 15.9 Å². The van der Waals surface area contributed by atoms with Crippen LogP contribution in [0.25, 0.3) is 22.2 Å². The molecule has 1 aromatic heterocycles. The number of aromatic nitrogens is 1. The molecule has 264 valence electrons. The highest BCUT2D eigenvalue weighted by molar-refractivity contribution is 7.90. The van der Waals surface area contributed by atoms with E-state index in [0.717, 1.165) is 85.9 Å². The lowest BCUT2D eigenvalue weighted by Crippen LogP contribution is -2.58. The van der Waals surface area contributed by atoms with Crippen molar-refractivity contribution in [2.75, 3.05) is 27.2 Å². The van der Waals surface area contributed by atoms with E-state index in [1.165, 1.54) is 12.0 Å². The molecule has 2 saturated heterocycles. The Bertz CT molecular complexity index is 1810. The molecule has 2 bridgehead atoms. The third-order valence-electron chi connectivity index (χ3n) is 12.2. The average molecular weight is 689 g/mol. The van der Waals surface area contributed by atoms with Crippen LogP contribution in [0.2, 0.25) is 0 Å². The molecule has 0 spiro atoms. The quantitative estimate of drug-likeness (QED) is 0.255. The summed E-state index contributed by atoms with van der Waals surface area (Å²) in [6.07, 6.45) is 10.5. The number of likely N-dealkylation sites (tertiary alicyclic amines) is 1. The van der Waals surface area contributed by atoms with Crippen molar-refractivity contribution in [1.82, 2.24) is 19.1 Å². The van der Waals surface area contributed by atoms with Crippen LogP contribution in [0.5, 0.6) is 5.75 Å². The molecule has 2 saturated carbocycles. The van der Waals surface area contributed by atoms with Gasteiger partial charge in [0, 0.05) is 48.2 Å². The van der Waals surface area contributed by atoms with Gasteiger partial charge < -0.3 is 19.1 Å². The van der Waals surface area contributed by atoms with Crippen LogP contribution < -0.4 is 9.46 Å². The number of hydrogen-bond acceptors (Lipinski definition) is 6. The minimum absolute atomic E-state index is 0.206. The van der Waals surface area contributed by atoms with E-state index in [2.05, 4.69) is 52.1 Å². The third-order valence-corrected chi connectivity index (χ3v) is 14.0. The second kappa shape index (κ2) is 13.4. The molecule has 3 aromatic rings. The van der Waals surface area contributed by atoms with Gasteiger partial charge in [0.1, 0.15) is 5.75 Å². The summed E-state index contributed by atoms with van der Waals surface area (Å²) >= 11 is 0. The molecular weight excluding hydrogens is 637 g/mol. The fourth-order valence-electron chi connectivity index (χ4n) is 8.94. The van der Waals surface area contributed by atoms with Crippen molar-refractivity contribution in [3.8, 4) is 17.0 Å². The number of sulfonamides is 1. The molecule has 3 heterocycles. The Morgan fingerprint density at radius 3 is 2.18 bits per heavy atom. The Morgan fingerprint density at radius 1 is 0.918 bits per heavy atom. The van der Waals surface area contributed by atoms with Gasteiger partial charge in [-0.15, -0.1) is 0 Å². The van der Waals surface area contributed by atoms with Gasteiger partial charge in [0.15, 0.2) is 0 Å². The van der Waals surface area contributed by atoms with Crippen LogP contribution in [0.4, 0.5) is 0 Å². The Kier molecular flexibility index (Phi) is 9.32. The summed E-state index contributed by atoms with van der Waals surface area (Å²) in [6.45, 7) is 6.48. The van der Waals surface area contributed by atoms with Crippen LogP contribution in [-0.4, -0.2) is 79.2 Å². The summed E-state index contributed by atoms with van der Waals surface area (Å²) in [5.41, 5.74) is 3.87. The lowest BCUT2D eigenvalue weighted by Gasteiger charge is -2.44. The number of amides is 2. The minimum atomic E-state index is -3.74. The van der Waals surface area contributed by atoms with Crippen molar-refractivity contribution in [2.45, 2.75) is 114 Å². The molecule has 9 nitrogen and oxygen atoms in total. The number of carbonyl (C=O) groups is 2. The second-order valence-corrected chi connectivity index (χ2v) is 17.4. The third kappa shape index (κ3) is 6.28. The molecule has 2 amide bonds. The summed E-state index contributed by atoms with van der Waals surface area (Å²) in [6, 6.07) is 14.3. The SMILES string of the molecule is CC[C@@](C)(Cn1c(-c2ccc(OC)cc2)c(C2CCCCC2)c2ccc(C(=O)NS(=O)(=O)C3CCC3)cc21)C(=O)N1C2CCC1CN(C)C2. The number of methoxy groups -OCH3 is 1. The monoisotopic (exact) mass is 688 g/mol. The first-order chi connectivity index (χ1) is 23.5. The normalized spacial score (nSPS) is 23.3. The smallest absolute Gasteiger partial charge is 0.264 e. The molecule has 7 rings (SSSR count). The lowest BCUT2D eigenvalue weighted by atomic mass is 9.81. The average Bonchev–Trinajstić information content (AvgIpc) is 3.53. The predicted molar refractivity (Wildman–Crippen MR) is 193 cm³/mol. The van der Waals surface area contributed by atoms with Gasteiger partial charge in [-0.25, -0.2) is 13.1 Å². The number of piperazine rings is 1. The van der Waals surface area contributed by atoms with Gasteiger partial charge >= 0.3 is 0 Å². The fourth-order valence-corrected chi connectivity index (χ4v) is 10.4. The van der Waals surface area contributed by atoms with Gasteiger partial charge in [0.25, 0.3) is 5.91 Å². The van der Waals surface area contributed by atoms with Gasteiger partial charge in [-0.2, -0.15) is 0 Å². The van der Waals surface area contributed by atoms with Crippen molar-refractivity contribution >= 4 is 32.7 Å². The fraction of sp³-hybridized carbons (Fsp3) is 0.590. The number of likely N-dealkylation sites (N-methyl/N-ethyl adjacent to an activating group) is 1. The first kappa shape index (κ1) is 34.1. The molecule has 49 heavy (non-hydrogen) atoms. The maximum absolute atomic E-state index is 14.8. The number of ether oxygens (including phenoxy) is 1. The highest BCUT2D eigenvalue weighted by Crippen LogP contribution is 2.46. The van der Waals surface area contributed by atoms with Crippen LogP contribution in [0.1, 0.15) is 106 Å². The van der Waals surface area contributed by atoms with E-state index in [1.807, 2.05) is 24.3 Å². The molecule has 2 aromatic carbocycles. The zero-order valence-electron chi connectivity index (χ0n) is 29.5. The highest BCUT2D eigenvalue weighted by Gasteiger charge is 2.47. The Hall–Kier alpha value is -3.37. The van der Waals surface area contributed by atoms with Crippen LogP contribution in [-0.2, 0) is 21.4 Å². The van der Waals surface area contributed by atoms with Gasteiger partial charge in [0.05, 0.1) is 23.5 Å². The van der Waals surface area contributed by atoms with Crippen LogP contribution in [0.15, 0.2) is 42.5 Å². The summed E-state index contributed by atoms with van der Waals surface area (Å²) in [5, 5.41) is 0.562. The number of nitrogens with zero attached hydrogens (tertiary/aromatic N) is 3. The number of benzene rings is 2. The van der Waals surface area contributed by atoms with Gasteiger partial charge in [-0.1, -0.05) is 38.7 Å². The molecular formula is C39H52N4O5S. The van der Waals surface area contributed by atoms with Crippen LogP contribution >= 0.6 is 0 Å². The largest absolute Gasteiger partial charge is 0.497 e. The van der Waals surface area contributed by atoms with Crippen molar-refractivity contribution in [1.29, 1.82) is 0 Å². The number of nitrogens with one attached hydrogen (secondary N) is 1. The van der Waals surface area contributed by atoms with Crippen molar-refractivity contribution in [2.24, 2.45) is 5.41 Å². The minimum Gasteiger partial charge on any atom is -0.497 e. The van der Waals surface area contributed by atoms with E-state index >= 15 is 0 Å². The van der Waals surface area contributed by atoms with Crippen molar-refractivity contribution in [3.63, 3.8) is 0 Å². The maximum Gasteiger partial charge on any atom is 0.264 e. The highest BCUT2D eigenvalue weighted by atomic mass is 32.2. The van der Waals surface area contributed by atoms with E-state index < -0.39 is 26.6 Å². The Morgan fingerprint density at radius 2 is 1.59 bits per heavy atom. The lowest BCUT2D eigenvalue weighted by molar-refractivity contribution is -0.148. The van der Waals surface area contributed by atoms with Crippen LogP contribution in [0, 0.1) is 5.41 Å². The van der Waals surface area contributed by atoms with E-state index in [-0.39, 0.29) is 18.0 Å². The maximum atomic E-state index is 14.8. The Balaban J connectivity index is 1.38. The molecule has 2 unspecified atom stereocenters. The topological polar surface area (TPSA) is 101 Å². The first-order valence-electron chi connectivity index (χ1n) is 18.4. The number of fused-ring (bicyclic) bond motifs is 3. The molecule has 2 aliphatic carbocycles. The Labute approximate surface area is 291 Å². The summed E-state index contributed by atoms with van der Waals surface area (Å²) in [4.78, 5) is 32.9. The molecule has 0 radical (unpaired) electrons. The standard InChI is InChI=1S/C39H52N4O5S/c1-5-39(2,38(45)43-29-17-18-30(43)24-41(3)23-29)25-42-34-22-28(37(44)40-49(46,47)32-12-9-13-32)16-21-33(34)35(26-10-7-6-8-11-26)36(42)27-14-19-31(48-4)20-15-27/h14-16,19-22,26,29-30,32H,5-13,17-18,23-25H2,1-4H3,(H,40,44)/t29?,30?,39-/m0/s1. The molecule has 2 aliphatic heterocycles. The van der Waals surface area contributed by atoms with Gasteiger partial charge in [-0.05, 0) is 112 Å².